The Hall–Kier alpha value is -0.670. The van der Waals surface area contributed by atoms with Crippen LogP contribution < -0.4 is 0 Å². The summed E-state index contributed by atoms with van der Waals surface area (Å²) in [6, 6.07) is 6.99. The molecule has 2 atom stereocenters. The third-order valence-corrected chi connectivity index (χ3v) is 3.15. The number of phenols is 1. The lowest BCUT2D eigenvalue weighted by molar-refractivity contribution is 0.196. The van der Waals surface area contributed by atoms with E-state index in [1.165, 1.54) is 0 Å². The highest BCUT2D eigenvalue weighted by molar-refractivity contribution is 8.00. The Labute approximate surface area is 82.6 Å². The zero-order valence-electron chi connectivity index (χ0n) is 7.77. The third-order valence-electron chi connectivity index (χ3n) is 1.84. The van der Waals surface area contributed by atoms with Crippen molar-refractivity contribution in [3.8, 4) is 5.75 Å². The summed E-state index contributed by atoms with van der Waals surface area (Å²) in [4.78, 5) is 1.06. The van der Waals surface area contributed by atoms with Crippen molar-refractivity contribution >= 4 is 11.8 Å². The van der Waals surface area contributed by atoms with Crippen LogP contribution in [-0.2, 0) is 0 Å². The summed E-state index contributed by atoms with van der Waals surface area (Å²) in [5, 5.41) is 18.5. The van der Waals surface area contributed by atoms with Gasteiger partial charge in [0.05, 0.1) is 6.10 Å². The molecule has 1 aromatic carbocycles. The van der Waals surface area contributed by atoms with Gasteiger partial charge in [0.1, 0.15) is 5.75 Å². The van der Waals surface area contributed by atoms with Crippen LogP contribution in [0.2, 0.25) is 0 Å². The molecule has 2 N–H and O–H groups in total. The van der Waals surface area contributed by atoms with E-state index in [4.69, 9.17) is 5.11 Å². The lowest BCUT2D eigenvalue weighted by atomic mass is 10.3. The molecule has 13 heavy (non-hydrogen) atoms. The predicted molar refractivity (Wildman–Crippen MR) is 55.1 cm³/mol. The van der Waals surface area contributed by atoms with Crippen molar-refractivity contribution in [3.05, 3.63) is 24.3 Å². The van der Waals surface area contributed by atoms with Gasteiger partial charge in [0.15, 0.2) is 0 Å². The van der Waals surface area contributed by atoms with E-state index in [1.54, 1.807) is 30.8 Å². The van der Waals surface area contributed by atoms with E-state index in [2.05, 4.69) is 0 Å². The number of phenolic OH excluding ortho intramolecular Hbond substituents is 1. The number of thioether (sulfide) groups is 1. The van der Waals surface area contributed by atoms with Crippen LogP contribution in [0.25, 0.3) is 0 Å². The highest BCUT2D eigenvalue weighted by atomic mass is 32.2. The number of aromatic hydroxyl groups is 1. The lowest BCUT2D eigenvalue weighted by Crippen LogP contribution is -2.14. The summed E-state index contributed by atoms with van der Waals surface area (Å²) < 4.78 is 0. The minimum atomic E-state index is -0.321. The monoisotopic (exact) mass is 198 g/mol. The second kappa shape index (κ2) is 4.53. The maximum atomic E-state index is 9.27. The molecule has 72 valence electrons. The van der Waals surface area contributed by atoms with Crippen molar-refractivity contribution in [1.29, 1.82) is 0 Å². The van der Waals surface area contributed by atoms with E-state index in [1.807, 2.05) is 19.1 Å². The minimum Gasteiger partial charge on any atom is -0.508 e. The number of rotatable bonds is 3. The normalized spacial score (nSPS) is 15.3. The average molecular weight is 198 g/mol. The number of hydrogen-bond acceptors (Lipinski definition) is 3. The van der Waals surface area contributed by atoms with Crippen LogP contribution in [-0.4, -0.2) is 21.6 Å². The van der Waals surface area contributed by atoms with Crippen LogP contribution in [0.4, 0.5) is 0 Å². The molecular formula is C10H14O2S. The molecule has 1 aromatic rings. The molecule has 0 fully saturated rings. The Kier molecular flexibility index (Phi) is 3.63. The second-order valence-corrected chi connectivity index (χ2v) is 4.51. The van der Waals surface area contributed by atoms with Crippen molar-refractivity contribution in [2.45, 2.75) is 30.1 Å². The molecule has 0 aliphatic rings. The first-order valence-electron chi connectivity index (χ1n) is 4.23. The van der Waals surface area contributed by atoms with E-state index in [-0.39, 0.29) is 17.1 Å². The highest BCUT2D eigenvalue weighted by Gasteiger charge is 2.09. The number of aliphatic hydroxyl groups excluding tert-OH is 1. The van der Waals surface area contributed by atoms with E-state index in [9.17, 15) is 5.11 Å². The van der Waals surface area contributed by atoms with Crippen LogP contribution in [0.1, 0.15) is 13.8 Å². The van der Waals surface area contributed by atoms with Crippen LogP contribution in [0, 0.1) is 0 Å². The smallest absolute Gasteiger partial charge is 0.115 e. The molecule has 0 radical (unpaired) electrons. The molecule has 0 spiro atoms. The highest BCUT2D eigenvalue weighted by Crippen LogP contribution is 2.26. The first kappa shape index (κ1) is 10.4. The van der Waals surface area contributed by atoms with E-state index in [0.717, 1.165) is 4.90 Å². The zero-order chi connectivity index (χ0) is 9.84. The largest absolute Gasteiger partial charge is 0.508 e. The number of hydrogen-bond donors (Lipinski definition) is 2. The van der Waals surface area contributed by atoms with Gasteiger partial charge in [-0.15, -0.1) is 11.8 Å². The molecule has 3 heteroatoms. The molecule has 1 rings (SSSR count). The molecule has 0 aliphatic carbocycles. The summed E-state index contributed by atoms with van der Waals surface area (Å²) in [6.07, 6.45) is -0.321. The van der Waals surface area contributed by atoms with Crippen molar-refractivity contribution in [2.75, 3.05) is 0 Å². The van der Waals surface area contributed by atoms with Gasteiger partial charge in [0, 0.05) is 10.1 Å². The fraction of sp³-hybridized carbons (Fsp3) is 0.400. The lowest BCUT2D eigenvalue weighted by Gasteiger charge is -2.13. The number of aliphatic hydroxyl groups is 1. The van der Waals surface area contributed by atoms with Crippen LogP contribution in [0.15, 0.2) is 29.2 Å². The molecule has 1 unspecified atom stereocenters. The molecule has 0 aromatic heterocycles. The third kappa shape index (κ3) is 3.28. The van der Waals surface area contributed by atoms with E-state index >= 15 is 0 Å². The van der Waals surface area contributed by atoms with Gasteiger partial charge in [-0.2, -0.15) is 0 Å². The quantitative estimate of drug-likeness (QED) is 0.732. The van der Waals surface area contributed by atoms with Gasteiger partial charge in [0.25, 0.3) is 0 Å². The van der Waals surface area contributed by atoms with Crippen LogP contribution in [0.5, 0.6) is 5.75 Å². The molecule has 0 saturated heterocycles. The SMILES string of the molecule is CC(Sc1ccc(O)cc1)[C@@H](C)O. The summed E-state index contributed by atoms with van der Waals surface area (Å²) in [5.74, 6) is 0.272. The van der Waals surface area contributed by atoms with Gasteiger partial charge in [0.2, 0.25) is 0 Å². The second-order valence-electron chi connectivity index (χ2n) is 3.06. The summed E-state index contributed by atoms with van der Waals surface area (Å²) in [5.41, 5.74) is 0. The Morgan fingerprint density at radius 1 is 1.15 bits per heavy atom. The molecule has 0 saturated carbocycles. The Morgan fingerprint density at radius 3 is 2.15 bits per heavy atom. The summed E-state index contributed by atoms with van der Waals surface area (Å²) in [7, 11) is 0. The standard InChI is InChI=1S/C10H14O2S/c1-7(11)8(2)13-10-5-3-9(12)4-6-10/h3-8,11-12H,1-2H3/t7-,8?/m1/s1. The first-order chi connectivity index (χ1) is 6.09. The molecule has 0 aliphatic heterocycles. The molecule has 0 bridgehead atoms. The minimum absolute atomic E-state index is 0.171. The number of benzene rings is 1. The van der Waals surface area contributed by atoms with Gasteiger partial charge in [-0.05, 0) is 31.2 Å². The maximum Gasteiger partial charge on any atom is 0.115 e. The summed E-state index contributed by atoms with van der Waals surface area (Å²) in [6.45, 7) is 3.75. The Morgan fingerprint density at radius 2 is 1.69 bits per heavy atom. The van der Waals surface area contributed by atoms with Crippen molar-refractivity contribution < 1.29 is 10.2 Å². The van der Waals surface area contributed by atoms with E-state index in [0.29, 0.717) is 0 Å². The fourth-order valence-corrected chi connectivity index (χ4v) is 1.76. The molecule has 2 nitrogen and oxygen atoms in total. The zero-order valence-corrected chi connectivity index (χ0v) is 8.58. The predicted octanol–water partition coefficient (Wildman–Crippen LogP) is 2.25. The topological polar surface area (TPSA) is 40.5 Å². The van der Waals surface area contributed by atoms with Crippen molar-refractivity contribution in [2.24, 2.45) is 0 Å². The molecule has 0 heterocycles. The fourth-order valence-electron chi connectivity index (χ4n) is 0.838. The van der Waals surface area contributed by atoms with Gasteiger partial charge in [-0.25, -0.2) is 0 Å². The van der Waals surface area contributed by atoms with E-state index < -0.39 is 0 Å². The van der Waals surface area contributed by atoms with Gasteiger partial charge < -0.3 is 10.2 Å². The van der Waals surface area contributed by atoms with Gasteiger partial charge in [-0.1, -0.05) is 6.92 Å². The Bertz CT molecular complexity index is 256. The average Bonchev–Trinajstić information content (AvgIpc) is 2.08. The Balaban J connectivity index is 2.59. The maximum absolute atomic E-state index is 9.27. The van der Waals surface area contributed by atoms with Gasteiger partial charge in [-0.3, -0.25) is 0 Å². The molecule has 0 amide bonds. The van der Waals surface area contributed by atoms with Crippen molar-refractivity contribution in [1.82, 2.24) is 0 Å². The summed E-state index contributed by atoms with van der Waals surface area (Å²) >= 11 is 1.60. The van der Waals surface area contributed by atoms with Crippen LogP contribution >= 0.6 is 11.8 Å². The van der Waals surface area contributed by atoms with Crippen LogP contribution in [0.3, 0.4) is 0 Å². The van der Waals surface area contributed by atoms with Crippen molar-refractivity contribution in [3.63, 3.8) is 0 Å². The molecular weight excluding hydrogens is 184 g/mol. The first-order valence-corrected chi connectivity index (χ1v) is 5.11. The van der Waals surface area contributed by atoms with Gasteiger partial charge >= 0.3 is 0 Å².